The van der Waals surface area contributed by atoms with Gasteiger partial charge in [0.25, 0.3) is 0 Å². The molecule has 1 rings (SSSR count). The van der Waals surface area contributed by atoms with Crippen LogP contribution in [0, 0.1) is 5.92 Å². The molecule has 72 valence electrons. The van der Waals surface area contributed by atoms with E-state index in [1.54, 1.807) is 0 Å². The van der Waals surface area contributed by atoms with Gasteiger partial charge in [0.2, 0.25) is 0 Å². The van der Waals surface area contributed by atoms with Crippen LogP contribution in [0.25, 0.3) is 0 Å². The van der Waals surface area contributed by atoms with Crippen molar-refractivity contribution in [2.24, 2.45) is 5.92 Å². The van der Waals surface area contributed by atoms with Crippen LogP contribution >= 0.6 is 11.6 Å². The van der Waals surface area contributed by atoms with Crippen LogP contribution in [0.4, 0.5) is 0 Å². The fourth-order valence-electron chi connectivity index (χ4n) is 1.53. The Bertz CT molecular complexity index is 119. The third-order valence-electron chi connectivity index (χ3n) is 2.47. The second-order valence-corrected chi connectivity index (χ2v) is 4.87. The van der Waals surface area contributed by atoms with Crippen molar-refractivity contribution in [2.75, 3.05) is 6.54 Å². The molecule has 0 spiro atoms. The Morgan fingerprint density at radius 1 is 1.42 bits per heavy atom. The maximum Gasteiger partial charge on any atom is 0.0365 e. The lowest BCUT2D eigenvalue weighted by Crippen LogP contribution is -2.42. The summed E-state index contributed by atoms with van der Waals surface area (Å²) in [5.74, 6) is 0.842. The number of alkyl halides is 1. The van der Waals surface area contributed by atoms with E-state index in [1.807, 2.05) is 0 Å². The van der Waals surface area contributed by atoms with E-state index < -0.39 is 0 Å². The maximum absolute atomic E-state index is 5.87. The fraction of sp³-hybridized carbons (Fsp3) is 1.00. The van der Waals surface area contributed by atoms with Gasteiger partial charge >= 0.3 is 0 Å². The lowest BCUT2D eigenvalue weighted by Gasteiger charge is -2.31. The second kappa shape index (κ2) is 5.08. The monoisotopic (exact) mass is 189 g/mol. The van der Waals surface area contributed by atoms with Crippen LogP contribution in [0.2, 0.25) is 0 Å². The van der Waals surface area contributed by atoms with Crippen molar-refractivity contribution in [2.45, 2.75) is 50.9 Å². The quantitative estimate of drug-likeness (QED) is 0.518. The standard InChI is InChI=1S/C10H20ClN/c1-8(2)4-3-5-12-10-6-9(11)7-10/h8-10,12H,3-7H2,1-2H3. The van der Waals surface area contributed by atoms with Gasteiger partial charge in [-0.1, -0.05) is 13.8 Å². The van der Waals surface area contributed by atoms with E-state index in [2.05, 4.69) is 19.2 Å². The summed E-state index contributed by atoms with van der Waals surface area (Å²) in [4.78, 5) is 0. The molecule has 0 heterocycles. The van der Waals surface area contributed by atoms with Gasteiger partial charge in [-0.2, -0.15) is 0 Å². The van der Waals surface area contributed by atoms with E-state index >= 15 is 0 Å². The average Bonchev–Trinajstić information content (AvgIpc) is 1.93. The third kappa shape index (κ3) is 3.77. The van der Waals surface area contributed by atoms with Crippen LogP contribution in [0.3, 0.4) is 0 Å². The predicted octanol–water partition coefficient (Wildman–Crippen LogP) is 2.78. The van der Waals surface area contributed by atoms with Crippen LogP contribution in [0.15, 0.2) is 0 Å². The highest BCUT2D eigenvalue weighted by Gasteiger charge is 2.25. The summed E-state index contributed by atoms with van der Waals surface area (Å²) in [6, 6.07) is 0.722. The first-order valence-electron chi connectivity index (χ1n) is 5.06. The Kier molecular flexibility index (Phi) is 4.38. The summed E-state index contributed by atoms with van der Waals surface area (Å²) >= 11 is 5.87. The summed E-state index contributed by atoms with van der Waals surface area (Å²) in [5, 5.41) is 3.97. The first-order valence-corrected chi connectivity index (χ1v) is 5.49. The molecule has 1 N–H and O–H groups in total. The van der Waals surface area contributed by atoms with Crippen molar-refractivity contribution in [3.05, 3.63) is 0 Å². The minimum atomic E-state index is 0.451. The van der Waals surface area contributed by atoms with Gasteiger partial charge in [-0.15, -0.1) is 11.6 Å². The Hall–Kier alpha value is 0.250. The van der Waals surface area contributed by atoms with Crippen LogP contribution in [0.5, 0.6) is 0 Å². The zero-order valence-corrected chi connectivity index (χ0v) is 8.90. The molecule has 1 fully saturated rings. The molecule has 1 aliphatic carbocycles. The van der Waals surface area contributed by atoms with Crippen molar-refractivity contribution in [3.8, 4) is 0 Å². The second-order valence-electron chi connectivity index (χ2n) is 4.26. The van der Waals surface area contributed by atoms with Crippen molar-refractivity contribution in [3.63, 3.8) is 0 Å². The highest BCUT2D eigenvalue weighted by molar-refractivity contribution is 6.21. The molecule has 1 saturated carbocycles. The summed E-state index contributed by atoms with van der Waals surface area (Å²) in [6.45, 7) is 5.72. The minimum Gasteiger partial charge on any atom is -0.314 e. The van der Waals surface area contributed by atoms with Gasteiger partial charge in [0.15, 0.2) is 0 Å². The normalized spacial score (nSPS) is 29.0. The number of nitrogens with one attached hydrogen (secondary N) is 1. The first-order chi connectivity index (χ1) is 5.68. The summed E-state index contributed by atoms with van der Waals surface area (Å²) < 4.78 is 0. The minimum absolute atomic E-state index is 0.451. The molecule has 1 aliphatic rings. The van der Waals surface area contributed by atoms with Crippen LogP contribution in [0.1, 0.15) is 39.5 Å². The van der Waals surface area contributed by atoms with Crippen molar-refractivity contribution < 1.29 is 0 Å². The summed E-state index contributed by atoms with van der Waals surface area (Å²) in [5.41, 5.74) is 0. The highest BCUT2D eigenvalue weighted by Crippen LogP contribution is 2.25. The van der Waals surface area contributed by atoms with Crippen LogP contribution in [-0.2, 0) is 0 Å². The van der Waals surface area contributed by atoms with Gasteiger partial charge in [-0.25, -0.2) is 0 Å². The average molecular weight is 190 g/mol. The third-order valence-corrected chi connectivity index (χ3v) is 2.83. The summed E-state index contributed by atoms with van der Waals surface area (Å²) in [7, 11) is 0. The Labute approximate surface area is 80.9 Å². The van der Waals surface area contributed by atoms with Gasteiger partial charge in [-0.05, 0) is 38.1 Å². The first kappa shape index (κ1) is 10.3. The molecule has 12 heavy (non-hydrogen) atoms. The van der Waals surface area contributed by atoms with E-state index in [1.165, 1.54) is 32.2 Å². The molecule has 0 saturated heterocycles. The molecule has 0 aliphatic heterocycles. The van der Waals surface area contributed by atoms with E-state index in [0.29, 0.717) is 5.38 Å². The van der Waals surface area contributed by atoms with Crippen LogP contribution in [-0.4, -0.2) is 18.0 Å². The van der Waals surface area contributed by atoms with E-state index in [9.17, 15) is 0 Å². The van der Waals surface area contributed by atoms with Crippen molar-refractivity contribution in [1.82, 2.24) is 5.32 Å². The zero-order chi connectivity index (χ0) is 8.97. The number of hydrogen-bond donors (Lipinski definition) is 1. The lowest BCUT2D eigenvalue weighted by atomic mass is 9.92. The molecular formula is C10H20ClN. The highest BCUT2D eigenvalue weighted by atomic mass is 35.5. The molecule has 0 aromatic carbocycles. The van der Waals surface area contributed by atoms with Crippen molar-refractivity contribution in [1.29, 1.82) is 0 Å². The van der Waals surface area contributed by atoms with Crippen LogP contribution < -0.4 is 5.32 Å². The molecule has 0 bridgehead atoms. The van der Waals surface area contributed by atoms with Gasteiger partial charge in [-0.3, -0.25) is 0 Å². The molecule has 0 atom stereocenters. The Morgan fingerprint density at radius 2 is 2.08 bits per heavy atom. The van der Waals surface area contributed by atoms with Crippen molar-refractivity contribution >= 4 is 11.6 Å². The lowest BCUT2D eigenvalue weighted by molar-refractivity contribution is 0.341. The predicted molar refractivity (Wildman–Crippen MR) is 54.7 cm³/mol. The molecular weight excluding hydrogens is 170 g/mol. The van der Waals surface area contributed by atoms with Gasteiger partial charge in [0.1, 0.15) is 0 Å². The number of halogens is 1. The Balaban J connectivity index is 1.83. The molecule has 0 aromatic rings. The zero-order valence-electron chi connectivity index (χ0n) is 8.15. The van der Waals surface area contributed by atoms with Gasteiger partial charge in [0.05, 0.1) is 0 Å². The van der Waals surface area contributed by atoms with Gasteiger partial charge < -0.3 is 5.32 Å². The smallest absolute Gasteiger partial charge is 0.0365 e. The summed E-state index contributed by atoms with van der Waals surface area (Å²) in [6.07, 6.45) is 4.98. The van der Waals surface area contributed by atoms with E-state index in [0.717, 1.165) is 12.0 Å². The number of hydrogen-bond acceptors (Lipinski definition) is 1. The molecule has 0 radical (unpaired) electrons. The van der Waals surface area contributed by atoms with Gasteiger partial charge in [0, 0.05) is 11.4 Å². The van der Waals surface area contributed by atoms with E-state index in [4.69, 9.17) is 11.6 Å². The molecule has 1 nitrogen and oxygen atoms in total. The molecule has 0 amide bonds. The number of rotatable bonds is 5. The van der Waals surface area contributed by atoms with E-state index in [-0.39, 0.29) is 0 Å². The topological polar surface area (TPSA) is 12.0 Å². The Morgan fingerprint density at radius 3 is 2.58 bits per heavy atom. The molecule has 0 aromatic heterocycles. The molecule has 0 unspecified atom stereocenters. The largest absolute Gasteiger partial charge is 0.314 e. The maximum atomic E-state index is 5.87. The fourth-order valence-corrected chi connectivity index (χ4v) is 1.96. The SMILES string of the molecule is CC(C)CCCNC1CC(Cl)C1. The molecule has 2 heteroatoms.